The smallest absolute Gasteiger partial charge is 0.241 e. The number of aliphatic hydroxyl groups excluding tert-OH is 1. The zero-order chi connectivity index (χ0) is 22.0. The SMILES string of the molecule is CC(CO)NS(=O)(=O)c1ccccc1-c1ccc(-c2cnc3c(c2)OCCN3)c(F)c1. The van der Waals surface area contributed by atoms with Crippen molar-refractivity contribution < 1.29 is 22.7 Å². The molecule has 31 heavy (non-hydrogen) atoms. The number of hydrogen-bond acceptors (Lipinski definition) is 6. The Kier molecular flexibility index (Phi) is 5.90. The van der Waals surface area contributed by atoms with Crippen molar-refractivity contribution in [2.45, 2.75) is 17.9 Å². The summed E-state index contributed by atoms with van der Waals surface area (Å²) in [6.07, 6.45) is 1.57. The van der Waals surface area contributed by atoms with Crippen LogP contribution in [-0.2, 0) is 10.0 Å². The minimum Gasteiger partial charge on any atom is -0.488 e. The minimum atomic E-state index is -3.90. The van der Waals surface area contributed by atoms with Gasteiger partial charge in [0.05, 0.1) is 18.0 Å². The van der Waals surface area contributed by atoms with Crippen LogP contribution in [0, 0.1) is 5.82 Å². The molecule has 1 unspecified atom stereocenters. The second kappa shape index (κ2) is 8.62. The summed E-state index contributed by atoms with van der Waals surface area (Å²) in [5.41, 5.74) is 1.68. The lowest BCUT2D eigenvalue weighted by Gasteiger charge is -2.19. The van der Waals surface area contributed by atoms with E-state index in [0.29, 0.717) is 47.0 Å². The fraction of sp³-hybridized carbons (Fsp3) is 0.227. The van der Waals surface area contributed by atoms with Crippen molar-refractivity contribution >= 4 is 15.8 Å². The van der Waals surface area contributed by atoms with Gasteiger partial charge in [-0.15, -0.1) is 0 Å². The zero-order valence-corrected chi connectivity index (χ0v) is 17.6. The van der Waals surface area contributed by atoms with Crippen LogP contribution in [0.3, 0.4) is 0 Å². The van der Waals surface area contributed by atoms with E-state index < -0.39 is 21.9 Å². The maximum Gasteiger partial charge on any atom is 0.241 e. The summed E-state index contributed by atoms with van der Waals surface area (Å²) in [7, 11) is -3.90. The highest BCUT2D eigenvalue weighted by Crippen LogP contribution is 2.34. The molecule has 0 aliphatic carbocycles. The number of nitrogens with one attached hydrogen (secondary N) is 2. The number of anilines is 1. The van der Waals surface area contributed by atoms with E-state index in [4.69, 9.17) is 4.74 Å². The van der Waals surface area contributed by atoms with Gasteiger partial charge in [0.15, 0.2) is 11.6 Å². The second-order valence-electron chi connectivity index (χ2n) is 7.24. The van der Waals surface area contributed by atoms with Crippen LogP contribution in [0.1, 0.15) is 6.92 Å². The first-order valence-electron chi connectivity index (χ1n) is 9.78. The summed E-state index contributed by atoms with van der Waals surface area (Å²) in [6, 6.07) is 12.0. The van der Waals surface area contributed by atoms with E-state index in [-0.39, 0.29) is 11.5 Å². The third-order valence-electron chi connectivity index (χ3n) is 4.90. The molecule has 4 rings (SSSR count). The maximum atomic E-state index is 15.1. The number of rotatable bonds is 6. The number of benzene rings is 2. The average Bonchev–Trinajstić information content (AvgIpc) is 2.78. The van der Waals surface area contributed by atoms with Crippen molar-refractivity contribution in [1.82, 2.24) is 9.71 Å². The predicted molar refractivity (Wildman–Crippen MR) is 116 cm³/mol. The van der Waals surface area contributed by atoms with Gasteiger partial charge in [0.25, 0.3) is 0 Å². The van der Waals surface area contributed by atoms with Gasteiger partial charge in [-0.05, 0) is 30.7 Å². The Morgan fingerprint density at radius 3 is 2.77 bits per heavy atom. The highest BCUT2D eigenvalue weighted by atomic mass is 32.2. The van der Waals surface area contributed by atoms with Crippen LogP contribution in [0.5, 0.6) is 5.75 Å². The molecule has 0 spiro atoms. The number of aliphatic hydroxyl groups is 1. The van der Waals surface area contributed by atoms with Crippen LogP contribution in [-0.4, -0.2) is 44.3 Å². The second-order valence-corrected chi connectivity index (χ2v) is 8.92. The van der Waals surface area contributed by atoms with E-state index in [1.807, 2.05) is 0 Å². The summed E-state index contributed by atoms with van der Waals surface area (Å²) >= 11 is 0. The number of aromatic nitrogens is 1. The molecule has 2 heterocycles. The van der Waals surface area contributed by atoms with Gasteiger partial charge in [0.1, 0.15) is 12.4 Å². The summed E-state index contributed by atoms with van der Waals surface area (Å²) in [6.45, 7) is 2.39. The first-order valence-corrected chi connectivity index (χ1v) is 11.3. The van der Waals surface area contributed by atoms with Crippen LogP contribution in [0.25, 0.3) is 22.3 Å². The number of hydrogen-bond donors (Lipinski definition) is 3. The molecule has 7 nitrogen and oxygen atoms in total. The van der Waals surface area contributed by atoms with Crippen molar-refractivity contribution in [2.24, 2.45) is 0 Å². The molecule has 1 aliphatic rings. The van der Waals surface area contributed by atoms with Gasteiger partial charge in [-0.2, -0.15) is 0 Å². The molecule has 3 N–H and O–H groups in total. The molecule has 2 aromatic carbocycles. The number of pyridine rings is 1. The first kappa shape index (κ1) is 21.2. The van der Waals surface area contributed by atoms with Gasteiger partial charge in [0.2, 0.25) is 10.0 Å². The third-order valence-corrected chi connectivity index (χ3v) is 6.55. The summed E-state index contributed by atoms with van der Waals surface area (Å²) in [5, 5.41) is 12.3. The standard InChI is InChI=1S/C22H22FN3O4S/c1-14(13-27)26-31(28,29)21-5-3-2-4-18(21)15-6-7-17(19(23)10-15)16-11-20-22(25-12-16)24-8-9-30-20/h2-7,10-12,14,26-27H,8-9,13H2,1H3,(H,24,25). The zero-order valence-electron chi connectivity index (χ0n) is 16.8. The highest BCUT2D eigenvalue weighted by molar-refractivity contribution is 7.89. The molecule has 0 saturated heterocycles. The Morgan fingerprint density at radius 1 is 1.19 bits per heavy atom. The molecule has 0 saturated carbocycles. The largest absolute Gasteiger partial charge is 0.488 e. The van der Waals surface area contributed by atoms with E-state index in [2.05, 4.69) is 15.0 Å². The predicted octanol–water partition coefficient (Wildman–Crippen LogP) is 3.02. The molecular weight excluding hydrogens is 421 g/mol. The van der Waals surface area contributed by atoms with E-state index in [0.717, 1.165) is 0 Å². The molecule has 0 bridgehead atoms. The van der Waals surface area contributed by atoms with E-state index in [9.17, 15) is 13.5 Å². The Bertz CT molecular complexity index is 1220. The lowest BCUT2D eigenvalue weighted by Crippen LogP contribution is -2.35. The Morgan fingerprint density at radius 2 is 2.00 bits per heavy atom. The van der Waals surface area contributed by atoms with Crippen LogP contribution >= 0.6 is 0 Å². The fourth-order valence-corrected chi connectivity index (χ4v) is 4.85. The third kappa shape index (κ3) is 4.39. The average molecular weight is 444 g/mol. The molecule has 0 radical (unpaired) electrons. The molecule has 0 fully saturated rings. The van der Waals surface area contributed by atoms with E-state index >= 15 is 4.39 Å². The van der Waals surface area contributed by atoms with Crippen molar-refractivity contribution in [3.63, 3.8) is 0 Å². The fourth-order valence-electron chi connectivity index (χ4n) is 3.39. The molecule has 3 aromatic rings. The van der Waals surface area contributed by atoms with Gasteiger partial charge < -0.3 is 15.2 Å². The topological polar surface area (TPSA) is 101 Å². The van der Waals surface area contributed by atoms with Gasteiger partial charge in [-0.25, -0.2) is 22.5 Å². The Hall–Kier alpha value is -3.01. The quantitative estimate of drug-likeness (QED) is 0.542. The molecule has 162 valence electrons. The van der Waals surface area contributed by atoms with Crippen molar-refractivity contribution in [3.8, 4) is 28.0 Å². The Balaban J connectivity index is 1.71. The van der Waals surface area contributed by atoms with Crippen molar-refractivity contribution in [1.29, 1.82) is 0 Å². The monoisotopic (exact) mass is 443 g/mol. The van der Waals surface area contributed by atoms with Crippen molar-refractivity contribution in [2.75, 3.05) is 25.1 Å². The summed E-state index contributed by atoms with van der Waals surface area (Å²) in [5.74, 6) is 0.676. The molecule has 1 aliphatic heterocycles. The molecule has 0 amide bonds. The lowest BCUT2D eigenvalue weighted by molar-refractivity contribution is 0.265. The maximum absolute atomic E-state index is 15.1. The highest BCUT2D eigenvalue weighted by Gasteiger charge is 2.22. The van der Waals surface area contributed by atoms with Crippen LogP contribution in [0.4, 0.5) is 10.2 Å². The number of sulfonamides is 1. The molecular formula is C22H22FN3O4S. The normalized spacial score (nSPS) is 14.3. The van der Waals surface area contributed by atoms with Gasteiger partial charge in [-0.1, -0.05) is 30.3 Å². The van der Waals surface area contributed by atoms with E-state index in [1.54, 1.807) is 49.5 Å². The minimum absolute atomic E-state index is 0.0115. The van der Waals surface area contributed by atoms with Crippen molar-refractivity contribution in [3.05, 3.63) is 60.5 Å². The molecule has 1 atom stereocenters. The van der Waals surface area contributed by atoms with Crippen LogP contribution in [0.15, 0.2) is 59.6 Å². The van der Waals surface area contributed by atoms with E-state index in [1.165, 1.54) is 12.1 Å². The molecule has 9 heteroatoms. The van der Waals surface area contributed by atoms with Gasteiger partial charge >= 0.3 is 0 Å². The molecule has 1 aromatic heterocycles. The lowest BCUT2D eigenvalue weighted by atomic mass is 10.0. The van der Waals surface area contributed by atoms with Crippen LogP contribution < -0.4 is 14.8 Å². The number of halogens is 1. The van der Waals surface area contributed by atoms with Gasteiger partial charge in [-0.3, -0.25) is 0 Å². The number of ether oxygens (including phenoxy) is 1. The number of nitrogens with zero attached hydrogens (tertiary/aromatic N) is 1. The van der Waals surface area contributed by atoms with Crippen LogP contribution in [0.2, 0.25) is 0 Å². The van der Waals surface area contributed by atoms with Gasteiger partial charge in [0, 0.05) is 28.9 Å². The number of fused-ring (bicyclic) bond motifs is 1. The Labute approximate surface area is 180 Å². The summed E-state index contributed by atoms with van der Waals surface area (Å²) < 4.78 is 48.6. The summed E-state index contributed by atoms with van der Waals surface area (Å²) in [4.78, 5) is 4.30. The first-order chi connectivity index (χ1) is 14.9.